The number of ether oxygens (including phenoxy) is 1. The largest absolute Gasteiger partial charge is 0.371 e. The average Bonchev–Trinajstić information content (AvgIpc) is 2.74. The fourth-order valence-corrected chi connectivity index (χ4v) is 4.61. The van der Waals surface area contributed by atoms with Crippen LogP contribution in [0.2, 0.25) is 0 Å². The molecule has 0 fully saturated rings. The predicted octanol–water partition coefficient (Wildman–Crippen LogP) is 3.17. The Hall–Kier alpha value is -1.20. The van der Waals surface area contributed by atoms with E-state index in [0.29, 0.717) is 32.2 Å². The minimum Gasteiger partial charge on any atom is -0.371 e. The molecule has 0 heterocycles. The number of amides is 4. The summed E-state index contributed by atoms with van der Waals surface area (Å²) in [6, 6.07) is -1.34. The molecule has 0 aromatic heterocycles. The fourth-order valence-electron chi connectivity index (χ4n) is 3.27. The molecule has 1 atom stereocenters. The zero-order valence-corrected chi connectivity index (χ0v) is 24.3. The monoisotopic (exact) mass is 612 g/mol. The maximum absolute atomic E-state index is 12.7. The van der Waals surface area contributed by atoms with E-state index < -0.39 is 23.4 Å². The lowest BCUT2D eigenvalue weighted by Gasteiger charge is -2.29. The number of hydrogen-bond donors (Lipinski definition) is 4. The van der Waals surface area contributed by atoms with Crippen molar-refractivity contribution in [1.29, 1.82) is 0 Å². The molecule has 0 rings (SSSR count). The highest BCUT2D eigenvalue weighted by atomic mass is 79.9. The van der Waals surface area contributed by atoms with Crippen molar-refractivity contribution in [1.82, 2.24) is 16.0 Å². The van der Waals surface area contributed by atoms with Gasteiger partial charge in [0, 0.05) is 29.0 Å². The van der Waals surface area contributed by atoms with Gasteiger partial charge in [0.15, 0.2) is 5.78 Å². The lowest BCUT2D eigenvalue weighted by atomic mass is 9.85. The highest BCUT2D eigenvalue weighted by Crippen LogP contribution is 2.22. The lowest BCUT2D eigenvalue weighted by Crippen LogP contribution is -2.49. The average molecular weight is 614 g/mol. The normalized spacial score (nSPS) is 12.8. The number of alkyl halides is 2. The number of primary amides is 1. The van der Waals surface area contributed by atoms with Gasteiger partial charge in [-0.15, -0.1) is 0 Å². The van der Waals surface area contributed by atoms with Crippen molar-refractivity contribution < 1.29 is 23.9 Å². The summed E-state index contributed by atoms with van der Waals surface area (Å²) in [4.78, 5) is 48.0. The number of halogens is 2. The van der Waals surface area contributed by atoms with E-state index in [1.165, 1.54) is 0 Å². The Bertz CT molecular complexity index is 664. The molecule has 0 unspecified atom stereocenters. The Kier molecular flexibility index (Phi) is 15.9. The third kappa shape index (κ3) is 15.7. The minimum absolute atomic E-state index is 0.0882. The third-order valence-electron chi connectivity index (χ3n) is 5.07. The number of nitrogens with two attached hydrogens (primary N) is 1. The smallest absolute Gasteiger partial charge is 0.312 e. The predicted molar refractivity (Wildman–Crippen MR) is 141 cm³/mol. The summed E-state index contributed by atoms with van der Waals surface area (Å²) in [5.41, 5.74) is 4.12. The molecule has 5 N–H and O–H groups in total. The highest BCUT2D eigenvalue weighted by molar-refractivity contribution is 9.09. The first-order valence-electron chi connectivity index (χ1n) is 11.6. The summed E-state index contributed by atoms with van der Waals surface area (Å²) < 4.78 is 6.05. The van der Waals surface area contributed by atoms with Gasteiger partial charge < -0.3 is 26.4 Å². The second-order valence-electron chi connectivity index (χ2n) is 9.96. The summed E-state index contributed by atoms with van der Waals surface area (Å²) in [7, 11) is 0. The zero-order valence-electron chi connectivity index (χ0n) is 21.1. The van der Waals surface area contributed by atoms with Gasteiger partial charge in [0.1, 0.15) is 0 Å². The Balaban J connectivity index is 4.45. The molecule has 0 saturated heterocycles. The molecular formula is C23H42Br2N4O5. The van der Waals surface area contributed by atoms with Gasteiger partial charge >= 0.3 is 6.03 Å². The quantitative estimate of drug-likeness (QED) is 0.147. The van der Waals surface area contributed by atoms with Crippen LogP contribution in [0.4, 0.5) is 4.79 Å². The number of nitrogens with one attached hydrogen (secondary N) is 3. The van der Waals surface area contributed by atoms with Crippen molar-refractivity contribution in [2.45, 2.75) is 90.9 Å². The number of urea groups is 1. The van der Waals surface area contributed by atoms with Crippen molar-refractivity contribution >= 4 is 55.5 Å². The minimum atomic E-state index is -0.704. The topological polar surface area (TPSA) is 140 Å². The number of rotatable bonds is 17. The summed E-state index contributed by atoms with van der Waals surface area (Å²) in [6.07, 6.45) is 3.57. The van der Waals surface area contributed by atoms with Crippen LogP contribution in [0.5, 0.6) is 0 Å². The van der Waals surface area contributed by atoms with Gasteiger partial charge in [-0.25, -0.2) is 4.79 Å². The number of hydrogen-bond acceptors (Lipinski definition) is 5. The van der Waals surface area contributed by atoms with E-state index in [4.69, 9.17) is 10.5 Å². The molecule has 0 aromatic carbocycles. The van der Waals surface area contributed by atoms with Crippen molar-refractivity contribution in [3.05, 3.63) is 0 Å². The summed E-state index contributed by atoms with van der Waals surface area (Å²) in [6.45, 7) is 9.53. The number of unbranched alkanes of at least 4 members (excludes halogenated alkanes) is 1. The standard InChI is InChI=1S/C23H42Br2N4O5/c1-22(2,3)20(32)17(9-8-12-27-21(26)33)29-19(31)15-28-18(30)10-6-7-11-23(4,5)34-16(13-24)14-25/h16-17H,6-15H2,1-5H3,(H,28,30)(H,29,31)(H3,26,27,33)/t17-/m0/s1. The maximum Gasteiger partial charge on any atom is 0.312 e. The van der Waals surface area contributed by atoms with Crippen molar-refractivity contribution in [3.63, 3.8) is 0 Å². The van der Waals surface area contributed by atoms with Crippen LogP contribution in [0.25, 0.3) is 0 Å². The van der Waals surface area contributed by atoms with Gasteiger partial charge in [-0.05, 0) is 39.5 Å². The van der Waals surface area contributed by atoms with Crippen LogP contribution in [0.15, 0.2) is 0 Å². The van der Waals surface area contributed by atoms with E-state index in [-0.39, 0.29) is 29.9 Å². The molecule has 0 saturated carbocycles. The Labute approximate surface area is 220 Å². The molecule has 0 aromatic rings. The number of carbonyl (C=O) groups is 4. The first-order valence-corrected chi connectivity index (χ1v) is 13.9. The van der Waals surface area contributed by atoms with Crippen molar-refractivity contribution in [2.24, 2.45) is 11.1 Å². The lowest BCUT2D eigenvalue weighted by molar-refractivity contribution is -0.132. The SMILES string of the molecule is CC(C)(CCCCC(=O)NCC(=O)N[C@@H](CCCNC(N)=O)C(=O)C(C)(C)C)OC(CBr)CBr. The van der Waals surface area contributed by atoms with E-state index in [2.05, 4.69) is 47.8 Å². The van der Waals surface area contributed by atoms with Crippen molar-refractivity contribution in [3.8, 4) is 0 Å². The first kappa shape index (κ1) is 32.8. The maximum atomic E-state index is 12.7. The van der Waals surface area contributed by atoms with E-state index in [0.717, 1.165) is 23.5 Å². The Morgan fingerprint density at radius 1 is 0.912 bits per heavy atom. The molecule has 0 spiro atoms. The van der Waals surface area contributed by atoms with Gasteiger partial charge in [0.25, 0.3) is 0 Å². The van der Waals surface area contributed by atoms with E-state index in [9.17, 15) is 19.2 Å². The molecule has 9 nitrogen and oxygen atoms in total. The highest BCUT2D eigenvalue weighted by Gasteiger charge is 2.30. The van der Waals surface area contributed by atoms with Crippen LogP contribution < -0.4 is 21.7 Å². The molecule has 34 heavy (non-hydrogen) atoms. The molecule has 0 aliphatic carbocycles. The molecule has 198 valence electrons. The number of carbonyl (C=O) groups excluding carboxylic acids is 4. The van der Waals surface area contributed by atoms with Gasteiger partial charge in [0.2, 0.25) is 11.8 Å². The Morgan fingerprint density at radius 3 is 2.06 bits per heavy atom. The van der Waals surface area contributed by atoms with Crippen molar-refractivity contribution in [2.75, 3.05) is 23.7 Å². The van der Waals surface area contributed by atoms with Gasteiger partial charge in [-0.3, -0.25) is 14.4 Å². The fraction of sp³-hybridized carbons (Fsp3) is 0.826. The van der Waals surface area contributed by atoms with Crippen LogP contribution in [0.1, 0.15) is 73.1 Å². The zero-order chi connectivity index (χ0) is 26.4. The summed E-state index contributed by atoms with van der Waals surface area (Å²) in [5.74, 6) is -0.751. The van der Waals surface area contributed by atoms with Gasteiger partial charge in [-0.1, -0.05) is 59.1 Å². The molecule has 0 radical (unpaired) electrons. The molecule has 0 aliphatic heterocycles. The van der Waals surface area contributed by atoms with E-state index in [1.54, 1.807) is 20.8 Å². The molecule has 0 bridgehead atoms. The second-order valence-corrected chi connectivity index (χ2v) is 11.3. The van der Waals surface area contributed by atoms with Crippen LogP contribution in [-0.2, 0) is 19.1 Å². The van der Waals surface area contributed by atoms with Gasteiger partial charge in [-0.2, -0.15) is 0 Å². The molecule has 0 aliphatic rings. The van der Waals surface area contributed by atoms with Crippen LogP contribution in [0.3, 0.4) is 0 Å². The van der Waals surface area contributed by atoms with Gasteiger partial charge in [0.05, 0.1) is 24.3 Å². The Morgan fingerprint density at radius 2 is 1.53 bits per heavy atom. The van der Waals surface area contributed by atoms with Crippen LogP contribution in [0, 0.1) is 5.41 Å². The molecule has 4 amide bonds. The van der Waals surface area contributed by atoms with E-state index >= 15 is 0 Å². The first-order chi connectivity index (χ1) is 15.7. The van der Waals surface area contributed by atoms with Crippen LogP contribution >= 0.6 is 31.9 Å². The molecule has 11 heteroatoms. The third-order valence-corrected chi connectivity index (χ3v) is 6.51. The summed E-state index contributed by atoms with van der Waals surface area (Å²) in [5, 5.41) is 9.29. The van der Waals surface area contributed by atoms with E-state index in [1.807, 2.05) is 13.8 Å². The number of ketones is 1. The molecular weight excluding hydrogens is 572 g/mol. The van der Waals surface area contributed by atoms with Crippen LogP contribution in [-0.4, -0.2) is 65.1 Å². The summed E-state index contributed by atoms with van der Waals surface area (Å²) >= 11 is 6.86. The second kappa shape index (κ2) is 16.5. The number of Topliss-reactive ketones (excluding diaryl/α,β-unsaturated/α-hetero) is 1.